The zero-order valence-electron chi connectivity index (χ0n) is 12.0. The average Bonchev–Trinajstić information content (AvgIpc) is 2.96. The van der Waals surface area contributed by atoms with Crippen molar-refractivity contribution in [2.45, 2.75) is 19.4 Å². The summed E-state index contributed by atoms with van der Waals surface area (Å²) in [4.78, 5) is 12.2. The summed E-state index contributed by atoms with van der Waals surface area (Å²) >= 11 is 0. The van der Waals surface area contributed by atoms with Gasteiger partial charge in [0, 0.05) is 12.1 Å². The average molecular weight is 284 g/mol. The standard InChI is InChI=1S/C16H20N4O/c21-16(14-6-8-17-9-7-14)19-15-10-18-20(12-15)11-13-4-2-1-3-5-13/h1-5,10,12,14,17H,6-9,11H2,(H,19,21). The molecule has 5 nitrogen and oxygen atoms in total. The molecule has 0 saturated carbocycles. The van der Waals surface area contributed by atoms with Gasteiger partial charge in [0.1, 0.15) is 0 Å². The van der Waals surface area contributed by atoms with Crippen LogP contribution in [0.15, 0.2) is 42.7 Å². The first-order valence-corrected chi connectivity index (χ1v) is 7.39. The first-order chi connectivity index (χ1) is 10.3. The Labute approximate surface area is 124 Å². The lowest BCUT2D eigenvalue weighted by molar-refractivity contribution is -0.120. The highest BCUT2D eigenvalue weighted by atomic mass is 16.1. The number of anilines is 1. The molecule has 1 aliphatic rings. The van der Waals surface area contributed by atoms with Gasteiger partial charge >= 0.3 is 0 Å². The number of hydrogen-bond donors (Lipinski definition) is 2. The van der Waals surface area contributed by atoms with Crippen LogP contribution in [0.3, 0.4) is 0 Å². The summed E-state index contributed by atoms with van der Waals surface area (Å²) in [5.74, 6) is 0.222. The molecule has 1 amide bonds. The first-order valence-electron chi connectivity index (χ1n) is 7.39. The van der Waals surface area contributed by atoms with Gasteiger partial charge in [-0.15, -0.1) is 0 Å². The van der Waals surface area contributed by atoms with Crippen LogP contribution in [0.5, 0.6) is 0 Å². The normalized spacial score (nSPS) is 15.8. The van der Waals surface area contributed by atoms with E-state index >= 15 is 0 Å². The largest absolute Gasteiger partial charge is 0.323 e. The molecule has 1 aromatic carbocycles. The molecule has 3 rings (SSSR count). The maximum absolute atomic E-state index is 12.2. The Balaban J connectivity index is 1.58. The third-order valence-electron chi connectivity index (χ3n) is 3.80. The van der Waals surface area contributed by atoms with Crippen molar-refractivity contribution >= 4 is 11.6 Å². The molecule has 0 aliphatic carbocycles. The Kier molecular flexibility index (Phi) is 4.31. The predicted octanol–water partition coefficient (Wildman–Crippen LogP) is 1.87. The number of hydrogen-bond acceptors (Lipinski definition) is 3. The molecule has 2 N–H and O–H groups in total. The topological polar surface area (TPSA) is 59.0 Å². The number of nitrogens with zero attached hydrogens (tertiary/aromatic N) is 2. The fourth-order valence-electron chi connectivity index (χ4n) is 2.61. The third kappa shape index (κ3) is 3.70. The summed E-state index contributed by atoms with van der Waals surface area (Å²) in [7, 11) is 0. The van der Waals surface area contributed by atoms with Crippen molar-refractivity contribution in [1.29, 1.82) is 0 Å². The van der Waals surface area contributed by atoms with Crippen LogP contribution in [-0.4, -0.2) is 28.8 Å². The molecule has 2 aromatic rings. The van der Waals surface area contributed by atoms with Gasteiger partial charge in [-0.05, 0) is 31.5 Å². The minimum atomic E-state index is 0.107. The minimum Gasteiger partial charge on any atom is -0.323 e. The van der Waals surface area contributed by atoms with Crippen molar-refractivity contribution in [1.82, 2.24) is 15.1 Å². The van der Waals surface area contributed by atoms with Crippen LogP contribution < -0.4 is 10.6 Å². The van der Waals surface area contributed by atoms with Crippen molar-refractivity contribution in [3.05, 3.63) is 48.3 Å². The second kappa shape index (κ2) is 6.54. The van der Waals surface area contributed by atoms with Crippen LogP contribution >= 0.6 is 0 Å². The van der Waals surface area contributed by atoms with Crippen molar-refractivity contribution in [3.63, 3.8) is 0 Å². The quantitative estimate of drug-likeness (QED) is 0.901. The second-order valence-corrected chi connectivity index (χ2v) is 5.43. The van der Waals surface area contributed by atoms with Crippen LogP contribution in [0.2, 0.25) is 0 Å². The smallest absolute Gasteiger partial charge is 0.227 e. The van der Waals surface area contributed by atoms with Crippen molar-refractivity contribution in [3.8, 4) is 0 Å². The molecule has 21 heavy (non-hydrogen) atoms. The molecule has 1 aliphatic heterocycles. The van der Waals surface area contributed by atoms with E-state index in [2.05, 4.69) is 27.9 Å². The molecular formula is C16H20N4O. The number of nitrogens with one attached hydrogen (secondary N) is 2. The van der Waals surface area contributed by atoms with Gasteiger partial charge in [0.15, 0.2) is 0 Å². The molecule has 0 unspecified atom stereocenters. The summed E-state index contributed by atoms with van der Waals surface area (Å²) in [5.41, 5.74) is 1.96. The molecule has 0 bridgehead atoms. The lowest BCUT2D eigenvalue weighted by Gasteiger charge is -2.21. The van der Waals surface area contributed by atoms with Gasteiger partial charge < -0.3 is 10.6 Å². The molecule has 5 heteroatoms. The van der Waals surface area contributed by atoms with Gasteiger partial charge in [0.2, 0.25) is 5.91 Å². The Morgan fingerprint density at radius 2 is 2.05 bits per heavy atom. The minimum absolute atomic E-state index is 0.107. The number of carbonyl (C=O) groups is 1. The lowest BCUT2D eigenvalue weighted by Crippen LogP contribution is -2.34. The highest BCUT2D eigenvalue weighted by molar-refractivity contribution is 5.92. The maximum Gasteiger partial charge on any atom is 0.227 e. The van der Waals surface area contributed by atoms with E-state index in [1.807, 2.05) is 29.1 Å². The number of amides is 1. The maximum atomic E-state index is 12.2. The molecular weight excluding hydrogens is 264 g/mol. The first kappa shape index (κ1) is 13.8. The van der Waals surface area contributed by atoms with Crippen molar-refractivity contribution < 1.29 is 4.79 Å². The van der Waals surface area contributed by atoms with E-state index in [1.54, 1.807) is 6.20 Å². The number of benzene rings is 1. The number of carbonyl (C=O) groups excluding carboxylic acids is 1. The molecule has 1 aromatic heterocycles. The van der Waals surface area contributed by atoms with E-state index in [0.29, 0.717) is 6.54 Å². The Morgan fingerprint density at radius 3 is 2.81 bits per heavy atom. The fourth-order valence-corrected chi connectivity index (χ4v) is 2.61. The molecule has 1 fully saturated rings. The van der Waals surface area contributed by atoms with Crippen LogP contribution in [0.1, 0.15) is 18.4 Å². The van der Waals surface area contributed by atoms with Crippen LogP contribution in [-0.2, 0) is 11.3 Å². The van der Waals surface area contributed by atoms with Crippen LogP contribution in [0.25, 0.3) is 0 Å². The van der Waals surface area contributed by atoms with E-state index < -0.39 is 0 Å². The molecule has 0 spiro atoms. The lowest BCUT2D eigenvalue weighted by atomic mass is 9.97. The zero-order chi connectivity index (χ0) is 14.5. The summed E-state index contributed by atoms with van der Waals surface area (Å²) in [6.45, 7) is 2.56. The second-order valence-electron chi connectivity index (χ2n) is 5.43. The molecule has 2 heterocycles. The molecule has 0 atom stereocenters. The van der Waals surface area contributed by atoms with E-state index in [9.17, 15) is 4.79 Å². The molecule has 1 saturated heterocycles. The highest BCUT2D eigenvalue weighted by Crippen LogP contribution is 2.15. The third-order valence-corrected chi connectivity index (χ3v) is 3.80. The van der Waals surface area contributed by atoms with Gasteiger partial charge in [0.05, 0.1) is 18.4 Å². The van der Waals surface area contributed by atoms with Crippen LogP contribution in [0.4, 0.5) is 5.69 Å². The number of piperidine rings is 1. The summed E-state index contributed by atoms with van der Waals surface area (Å²) < 4.78 is 1.84. The highest BCUT2D eigenvalue weighted by Gasteiger charge is 2.21. The van der Waals surface area contributed by atoms with Gasteiger partial charge in [-0.2, -0.15) is 5.10 Å². The SMILES string of the molecule is O=C(Nc1cnn(Cc2ccccc2)c1)C1CCNCC1. The van der Waals surface area contributed by atoms with E-state index in [-0.39, 0.29) is 11.8 Å². The molecule has 110 valence electrons. The molecule has 0 radical (unpaired) electrons. The van der Waals surface area contributed by atoms with Crippen molar-refractivity contribution in [2.24, 2.45) is 5.92 Å². The zero-order valence-corrected chi connectivity index (χ0v) is 12.0. The van der Waals surface area contributed by atoms with E-state index in [1.165, 1.54) is 5.56 Å². The summed E-state index contributed by atoms with van der Waals surface area (Å²) in [6, 6.07) is 10.2. The van der Waals surface area contributed by atoms with Gasteiger partial charge in [-0.25, -0.2) is 0 Å². The number of rotatable bonds is 4. The fraction of sp³-hybridized carbons (Fsp3) is 0.375. The predicted molar refractivity (Wildman–Crippen MR) is 82.0 cm³/mol. The van der Waals surface area contributed by atoms with Gasteiger partial charge in [0.25, 0.3) is 0 Å². The summed E-state index contributed by atoms with van der Waals surface area (Å²) in [5, 5.41) is 10.5. The number of aromatic nitrogens is 2. The Bertz CT molecular complexity index is 587. The van der Waals surface area contributed by atoms with Crippen LogP contribution in [0, 0.1) is 5.92 Å². The summed E-state index contributed by atoms with van der Waals surface area (Å²) in [6.07, 6.45) is 5.40. The monoisotopic (exact) mass is 284 g/mol. The Hall–Kier alpha value is -2.14. The van der Waals surface area contributed by atoms with E-state index in [4.69, 9.17) is 0 Å². The van der Waals surface area contributed by atoms with Crippen molar-refractivity contribution in [2.75, 3.05) is 18.4 Å². The Morgan fingerprint density at radius 1 is 1.29 bits per heavy atom. The van der Waals surface area contributed by atoms with Gasteiger partial charge in [-0.3, -0.25) is 9.48 Å². The van der Waals surface area contributed by atoms with Gasteiger partial charge in [-0.1, -0.05) is 30.3 Å². The van der Waals surface area contributed by atoms with E-state index in [0.717, 1.165) is 31.6 Å².